The average Bonchev–Trinajstić information content (AvgIpc) is 2.10. The van der Waals surface area contributed by atoms with Crippen LogP contribution in [0.4, 0.5) is 0 Å². The van der Waals surface area contributed by atoms with Gasteiger partial charge in [0.1, 0.15) is 6.04 Å². The highest BCUT2D eigenvalue weighted by molar-refractivity contribution is 5.83. The number of ether oxygens (including phenoxy) is 1. The standard InChI is InChI=1S/C9H18N2O3/c1-6(2)10-5-8(9(13)14-4)11-7(3)12/h6,8,10H,5H2,1-4H3,(H,11,12). The van der Waals surface area contributed by atoms with Crippen molar-refractivity contribution in [3.63, 3.8) is 0 Å². The van der Waals surface area contributed by atoms with Crippen molar-refractivity contribution >= 4 is 11.9 Å². The first-order valence-electron chi connectivity index (χ1n) is 4.55. The molecule has 0 saturated heterocycles. The van der Waals surface area contributed by atoms with Crippen LogP contribution in [0.15, 0.2) is 0 Å². The van der Waals surface area contributed by atoms with Gasteiger partial charge in [0.25, 0.3) is 0 Å². The van der Waals surface area contributed by atoms with Gasteiger partial charge in [0.05, 0.1) is 7.11 Å². The molecular weight excluding hydrogens is 184 g/mol. The van der Waals surface area contributed by atoms with Crippen molar-refractivity contribution in [2.75, 3.05) is 13.7 Å². The molecule has 0 spiro atoms. The topological polar surface area (TPSA) is 67.4 Å². The molecule has 0 fully saturated rings. The Labute approximate surface area is 84.2 Å². The normalized spacial score (nSPS) is 12.4. The van der Waals surface area contributed by atoms with E-state index in [2.05, 4.69) is 15.4 Å². The molecule has 0 aliphatic carbocycles. The van der Waals surface area contributed by atoms with Crippen LogP contribution >= 0.6 is 0 Å². The summed E-state index contributed by atoms with van der Waals surface area (Å²) < 4.78 is 4.55. The Balaban J connectivity index is 4.10. The Kier molecular flexibility index (Phi) is 5.87. The zero-order valence-corrected chi connectivity index (χ0v) is 9.09. The number of amides is 1. The third kappa shape index (κ3) is 5.53. The molecule has 0 aliphatic heterocycles. The fourth-order valence-corrected chi connectivity index (χ4v) is 0.934. The van der Waals surface area contributed by atoms with Crippen LogP contribution in [-0.2, 0) is 14.3 Å². The lowest BCUT2D eigenvalue weighted by molar-refractivity contribution is -0.144. The molecule has 1 atom stereocenters. The summed E-state index contributed by atoms with van der Waals surface area (Å²) in [5, 5.41) is 5.56. The molecule has 82 valence electrons. The van der Waals surface area contributed by atoms with Crippen molar-refractivity contribution in [1.29, 1.82) is 0 Å². The van der Waals surface area contributed by atoms with Crippen molar-refractivity contribution < 1.29 is 14.3 Å². The molecule has 2 N–H and O–H groups in total. The van der Waals surface area contributed by atoms with Gasteiger partial charge in [0.15, 0.2) is 0 Å². The summed E-state index contributed by atoms with van der Waals surface area (Å²) in [5.74, 6) is -0.681. The van der Waals surface area contributed by atoms with Crippen LogP contribution in [-0.4, -0.2) is 37.6 Å². The molecule has 0 heterocycles. The SMILES string of the molecule is COC(=O)C(CNC(C)C)NC(C)=O. The summed E-state index contributed by atoms with van der Waals surface area (Å²) in [5.41, 5.74) is 0. The predicted molar refractivity (Wildman–Crippen MR) is 52.8 cm³/mol. The Bertz CT molecular complexity index is 204. The zero-order valence-electron chi connectivity index (χ0n) is 9.09. The quantitative estimate of drug-likeness (QED) is 0.599. The molecule has 0 aromatic carbocycles. The molecule has 0 rings (SSSR count). The van der Waals surface area contributed by atoms with E-state index in [1.807, 2.05) is 13.8 Å². The monoisotopic (exact) mass is 202 g/mol. The van der Waals surface area contributed by atoms with Crippen LogP contribution < -0.4 is 10.6 Å². The Hall–Kier alpha value is -1.10. The molecule has 1 amide bonds. The van der Waals surface area contributed by atoms with Crippen LogP contribution in [0, 0.1) is 0 Å². The molecule has 0 bridgehead atoms. The molecule has 0 aromatic heterocycles. The van der Waals surface area contributed by atoms with E-state index in [0.717, 1.165) is 0 Å². The highest BCUT2D eigenvalue weighted by Gasteiger charge is 2.19. The molecular formula is C9H18N2O3. The third-order valence-electron chi connectivity index (χ3n) is 1.59. The highest BCUT2D eigenvalue weighted by atomic mass is 16.5. The molecule has 1 unspecified atom stereocenters. The largest absolute Gasteiger partial charge is 0.467 e. The van der Waals surface area contributed by atoms with Gasteiger partial charge in [-0.15, -0.1) is 0 Å². The van der Waals surface area contributed by atoms with Gasteiger partial charge < -0.3 is 15.4 Å². The van der Waals surface area contributed by atoms with E-state index in [1.165, 1.54) is 14.0 Å². The Morgan fingerprint density at radius 3 is 2.29 bits per heavy atom. The van der Waals surface area contributed by atoms with E-state index < -0.39 is 12.0 Å². The van der Waals surface area contributed by atoms with Gasteiger partial charge in [0.2, 0.25) is 5.91 Å². The second kappa shape index (κ2) is 6.37. The first-order valence-corrected chi connectivity index (χ1v) is 4.55. The molecule has 5 heteroatoms. The number of methoxy groups -OCH3 is 1. The van der Waals surface area contributed by atoms with Gasteiger partial charge in [-0.25, -0.2) is 4.79 Å². The maximum atomic E-state index is 11.2. The second-order valence-electron chi connectivity index (χ2n) is 3.34. The van der Waals surface area contributed by atoms with Crippen molar-refractivity contribution in [1.82, 2.24) is 10.6 Å². The highest BCUT2D eigenvalue weighted by Crippen LogP contribution is 1.88. The van der Waals surface area contributed by atoms with Crippen molar-refractivity contribution in [2.24, 2.45) is 0 Å². The van der Waals surface area contributed by atoms with Gasteiger partial charge in [-0.05, 0) is 0 Å². The number of rotatable bonds is 5. The van der Waals surface area contributed by atoms with Gasteiger partial charge in [-0.1, -0.05) is 13.8 Å². The van der Waals surface area contributed by atoms with Gasteiger partial charge in [0, 0.05) is 19.5 Å². The number of carbonyl (C=O) groups excluding carboxylic acids is 2. The molecule has 0 aromatic rings. The van der Waals surface area contributed by atoms with Crippen LogP contribution in [0.2, 0.25) is 0 Å². The number of carbonyl (C=O) groups is 2. The fraction of sp³-hybridized carbons (Fsp3) is 0.778. The van der Waals surface area contributed by atoms with E-state index in [-0.39, 0.29) is 11.9 Å². The van der Waals surface area contributed by atoms with E-state index >= 15 is 0 Å². The number of nitrogens with one attached hydrogen (secondary N) is 2. The average molecular weight is 202 g/mol. The molecule has 0 saturated carbocycles. The maximum Gasteiger partial charge on any atom is 0.329 e. The molecule has 0 aliphatic rings. The van der Waals surface area contributed by atoms with Crippen molar-refractivity contribution in [2.45, 2.75) is 32.9 Å². The predicted octanol–water partition coefficient (Wildman–Crippen LogP) is -0.338. The molecule has 14 heavy (non-hydrogen) atoms. The van der Waals surface area contributed by atoms with Crippen LogP contribution in [0.5, 0.6) is 0 Å². The van der Waals surface area contributed by atoms with Crippen molar-refractivity contribution in [3.8, 4) is 0 Å². The Morgan fingerprint density at radius 1 is 1.36 bits per heavy atom. The lowest BCUT2D eigenvalue weighted by Crippen LogP contribution is -2.48. The Morgan fingerprint density at radius 2 is 1.93 bits per heavy atom. The summed E-state index contributed by atoms with van der Waals surface area (Å²) in [7, 11) is 1.30. The van der Waals surface area contributed by atoms with E-state index in [9.17, 15) is 9.59 Å². The van der Waals surface area contributed by atoms with E-state index in [1.54, 1.807) is 0 Å². The fourth-order valence-electron chi connectivity index (χ4n) is 0.934. The number of hydrogen-bond donors (Lipinski definition) is 2. The second-order valence-corrected chi connectivity index (χ2v) is 3.34. The van der Waals surface area contributed by atoms with Gasteiger partial charge >= 0.3 is 5.97 Å². The minimum Gasteiger partial charge on any atom is -0.467 e. The van der Waals surface area contributed by atoms with Crippen LogP contribution in [0.3, 0.4) is 0 Å². The summed E-state index contributed by atoms with van der Waals surface area (Å²) in [4.78, 5) is 22.0. The zero-order chi connectivity index (χ0) is 11.1. The summed E-state index contributed by atoms with van der Waals surface area (Å²) in [6.07, 6.45) is 0. The molecule has 0 radical (unpaired) electrons. The van der Waals surface area contributed by atoms with Crippen LogP contribution in [0.1, 0.15) is 20.8 Å². The summed E-state index contributed by atoms with van der Waals surface area (Å²) in [6.45, 7) is 5.67. The first-order chi connectivity index (χ1) is 6.47. The van der Waals surface area contributed by atoms with E-state index in [0.29, 0.717) is 6.54 Å². The van der Waals surface area contributed by atoms with Gasteiger partial charge in [-0.2, -0.15) is 0 Å². The first kappa shape index (κ1) is 12.9. The maximum absolute atomic E-state index is 11.2. The molecule has 5 nitrogen and oxygen atoms in total. The third-order valence-corrected chi connectivity index (χ3v) is 1.59. The minimum atomic E-state index is -0.611. The number of hydrogen-bond acceptors (Lipinski definition) is 4. The summed E-state index contributed by atoms with van der Waals surface area (Å²) >= 11 is 0. The lowest BCUT2D eigenvalue weighted by Gasteiger charge is -2.17. The van der Waals surface area contributed by atoms with Gasteiger partial charge in [-0.3, -0.25) is 4.79 Å². The van der Waals surface area contributed by atoms with Crippen LogP contribution in [0.25, 0.3) is 0 Å². The van der Waals surface area contributed by atoms with Crippen molar-refractivity contribution in [3.05, 3.63) is 0 Å². The van der Waals surface area contributed by atoms with E-state index in [4.69, 9.17) is 0 Å². The smallest absolute Gasteiger partial charge is 0.329 e. The minimum absolute atomic E-state index is 0.244. The lowest BCUT2D eigenvalue weighted by atomic mass is 10.2. The summed E-state index contributed by atoms with van der Waals surface area (Å²) in [6, 6.07) is -0.351. The number of esters is 1.